The van der Waals surface area contributed by atoms with Crippen molar-refractivity contribution in [1.82, 2.24) is 9.80 Å². The van der Waals surface area contributed by atoms with Crippen LogP contribution in [0.5, 0.6) is 0 Å². The zero-order chi connectivity index (χ0) is 53.8. The summed E-state index contributed by atoms with van der Waals surface area (Å²) < 4.78 is 19.1. The van der Waals surface area contributed by atoms with Gasteiger partial charge in [-0.25, -0.2) is 0 Å². The zero-order valence-corrected chi connectivity index (χ0v) is 48.0. The van der Waals surface area contributed by atoms with E-state index in [1.54, 1.807) is 25.7 Å². The number of nitrogens with zero attached hydrogens (tertiary/aromatic N) is 2. The number of aliphatic hydroxyl groups is 4. The molecule has 12 heteroatoms. The first-order chi connectivity index (χ1) is 35.2. The van der Waals surface area contributed by atoms with Crippen LogP contribution in [0.15, 0.2) is 91.0 Å². The van der Waals surface area contributed by atoms with Crippen LogP contribution in [0.2, 0.25) is 0 Å². The number of carbonyl (C=O) groups is 2. The van der Waals surface area contributed by atoms with Crippen molar-refractivity contribution in [3.8, 4) is 0 Å². The Morgan fingerprint density at radius 1 is 0.743 bits per heavy atom. The molecule has 0 unspecified atom stereocenters. The first kappa shape index (κ1) is 60.0. The van der Waals surface area contributed by atoms with Crippen molar-refractivity contribution in [3.63, 3.8) is 0 Å². The molecular weight excluding hydrogens is 948 g/mol. The Balaban J connectivity index is 1.02. The van der Waals surface area contributed by atoms with E-state index >= 15 is 0 Å². The Hall–Kier alpha value is -3.25. The van der Waals surface area contributed by atoms with E-state index in [-0.39, 0.29) is 36.9 Å². The molecule has 3 aliphatic rings. The Kier molecular flexibility index (Phi) is 21.8. The number of likely N-dealkylation sites (N-methyl/N-ethyl adjacent to an activating group) is 1. The maximum absolute atomic E-state index is 14.4. The molecule has 3 fully saturated rings. The van der Waals surface area contributed by atoms with Crippen molar-refractivity contribution in [2.45, 2.75) is 218 Å². The largest absolute Gasteiger partial charge is 0.458 e. The first-order valence-corrected chi connectivity index (χ1v) is 30.9. The Morgan fingerprint density at radius 2 is 1.23 bits per heavy atom. The van der Waals surface area contributed by atoms with E-state index in [9.17, 15) is 30.0 Å². The number of unbranched alkanes of at least 4 members (excludes halogenated alkanes) is 10. The fraction of sp³-hybridized carbons (Fsp3) is 0.677. The SMILES string of the molecule is CC[C@@]12C[C@@]1(C)[C@H](O)[C@@H](C)N(C(=O)CCCCCCCCCCCCC[PH](c1ccccc1)(c1ccccc1)c1ccccc1)C[C@H](C)C[C@@](C)(O)[C@H](O[C@@H]1O[C@H](C)C[C@H](N(C)C)[C@H]1O)[C@@H](C)[C@H](O)[C@@H](C)C(=O)O2. The van der Waals surface area contributed by atoms with E-state index in [1.807, 2.05) is 53.6 Å². The molecular formula is C62H97N2O9P. The molecule has 0 aromatic heterocycles. The van der Waals surface area contributed by atoms with Gasteiger partial charge in [-0.3, -0.25) is 9.59 Å². The van der Waals surface area contributed by atoms with Crippen LogP contribution >= 0.6 is 7.26 Å². The molecule has 0 bridgehead atoms. The standard InChI is InChI=1S/C62H97N2O9P/c1-11-62-43-60(62,7)56(68)48(6)64(42-44(2)41-61(8,70)57(46(4)54(66)47(5)58(69)73-62)72-59-55(67)52(63(9)10)40-45(3)71-59)53(65)38-30-19-17-15-13-12-14-16-18-20-31-39-74(49-32-24-21-25-33-49,50-34-26-22-27-35-50)51-36-28-23-29-37-51/h21-29,32-37,44-48,52,54-57,59,66-68,70,74H,11-20,30-31,38-43H2,1-10H3/t44-,45-,46+,47-,48-,52+,54+,55-,56-,57-,59+,60+,61-,62-/m1/s1. The number of aliphatic hydroxyl groups excluding tert-OH is 3. The van der Waals surface area contributed by atoms with Gasteiger partial charge >= 0.3 is 197 Å². The molecule has 4 N–H and O–H groups in total. The predicted octanol–water partition coefficient (Wildman–Crippen LogP) is 9.31. The average molecular weight is 1050 g/mol. The summed E-state index contributed by atoms with van der Waals surface area (Å²) in [6, 6.07) is 32.8. The molecule has 2 saturated heterocycles. The summed E-state index contributed by atoms with van der Waals surface area (Å²) in [5, 5.41) is 52.5. The maximum Gasteiger partial charge on any atom is 0.311 e. The van der Waals surface area contributed by atoms with Crippen molar-refractivity contribution >= 4 is 35.1 Å². The van der Waals surface area contributed by atoms with Crippen molar-refractivity contribution in [2.75, 3.05) is 26.8 Å². The molecule has 2 heterocycles. The number of carbonyl (C=O) groups excluding carboxylic acids is 2. The van der Waals surface area contributed by atoms with Crippen molar-refractivity contribution in [1.29, 1.82) is 0 Å². The molecule has 3 aromatic rings. The van der Waals surface area contributed by atoms with E-state index in [0.717, 1.165) is 25.7 Å². The molecule has 1 amide bonds. The van der Waals surface area contributed by atoms with E-state index in [0.29, 0.717) is 25.7 Å². The number of rotatable bonds is 21. The van der Waals surface area contributed by atoms with Gasteiger partial charge in [0.25, 0.3) is 0 Å². The van der Waals surface area contributed by atoms with Crippen molar-refractivity contribution in [3.05, 3.63) is 91.0 Å². The van der Waals surface area contributed by atoms with Gasteiger partial charge in [0.15, 0.2) is 6.29 Å². The van der Waals surface area contributed by atoms with Crippen LogP contribution in [0.4, 0.5) is 0 Å². The van der Waals surface area contributed by atoms with Crippen LogP contribution in [0.3, 0.4) is 0 Å². The van der Waals surface area contributed by atoms with E-state index in [2.05, 4.69) is 91.0 Å². The minimum atomic E-state index is -2.18. The van der Waals surface area contributed by atoms with E-state index in [1.165, 1.54) is 67.0 Å². The smallest absolute Gasteiger partial charge is 0.311 e. The molecule has 2 aliphatic heterocycles. The van der Waals surface area contributed by atoms with Crippen LogP contribution < -0.4 is 15.9 Å². The Morgan fingerprint density at radius 3 is 1.72 bits per heavy atom. The van der Waals surface area contributed by atoms with Crippen LogP contribution in [0.1, 0.15) is 158 Å². The third-order valence-corrected chi connectivity index (χ3v) is 23.0. The summed E-state index contributed by atoms with van der Waals surface area (Å²) in [5.41, 5.74) is -3.37. The summed E-state index contributed by atoms with van der Waals surface area (Å²) in [4.78, 5) is 32.1. The number of ether oxygens (including phenoxy) is 3. The summed E-state index contributed by atoms with van der Waals surface area (Å²) in [7, 11) is 1.60. The van der Waals surface area contributed by atoms with Crippen LogP contribution in [0, 0.1) is 23.2 Å². The van der Waals surface area contributed by atoms with Gasteiger partial charge in [0, 0.05) is 30.3 Å². The Labute approximate surface area is 446 Å². The van der Waals surface area contributed by atoms with Gasteiger partial charge < -0.3 is 44.4 Å². The third-order valence-electron chi connectivity index (χ3n) is 17.9. The van der Waals surface area contributed by atoms with Crippen molar-refractivity contribution in [2.24, 2.45) is 23.2 Å². The second-order valence-corrected chi connectivity index (χ2v) is 28.0. The Bertz CT molecular complexity index is 2070. The molecule has 74 heavy (non-hydrogen) atoms. The van der Waals surface area contributed by atoms with Gasteiger partial charge in [-0.15, -0.1) is 0 Å². The number of fused-ring (bicyclic) bond motifs is 1. The maximum atomic E-state index is 14.4. The first-order valence-electron chi connectivity index (χ1n) is 28.7. The topological polar surface area (TPSA) is 149 Å². The second-order valence-electron chi connectivity index (χ2n) is 23.9. The minimum Gasteiger partial charge on any atom is -0.458 e. The number of hydrogen-bond acceptors (Lipinski definition) is 10. The molecule has 1 aliphatic carbocycles. The van der Waals surface area contributed by atoms with E-state index in [4.69, 9.17) is 14.2 Å². The third kappa shape index (κ3) is 14.1. The summed E-state index contributed by atoms with van der Waals surface area (Å²) in [5.74, 6) is -2.69. The molecule has 6 rings (SSSR count). The molecule has 14 atom stereocenters. The van der Waals surface area contributed by atoms with Crippen molar-refractivity contribution < 1.29 is 44.2 Å². The van der Waals surface area contributed by atoms with Crippen LogP contribution in [-0.4, -0.2) is 129 Å². The molecule has 0 radical (unpaired) electrons. The minimum absolute atomic E-state index is 0.0421. The predicted molar refractivity (Wildman–Crippen MR) is 302 cm³/mol. The van der Waals surface area contributed by atoms with Crippen LogP contribution in [0.25, 0.3) is 0 Å². The quantitative estimate of drug-likeness (QED) is 0.0462. The average Bonchev–Trinajstić information content (AvgIpc) is 4.00. The van der Waals surface area contributed by atoms with Gasteiger partial charge in [0.1, 0.15) is 11.7 Å². The van der Waals surface area contributed by atoms with Gasteiger partial charge in [-0.2, -0.15) is 0 Å². The molecule has 3 aromatic carbocycles. The van der Waals surface area contributed by atoms with Gasteiger partial charge in [0.2, 0.25) is 5.91 Å². The number of esters is 1. The molecule has 11 nitrogen and oxygen atoms in total. The summed E-state index contributed by atoms with van der Waals surface area (Å²) >= 11 is 0. The number of amides is 1. The summed E-state index contributed by atoms with van der Waals surface area (Å²) in [6.45, 7) is 15.0. The molecule has 1 saturated carbocycles. The molecule has 414 valence electrons. The summed E-state index contributed by atoms with van der Waals surface area (Å²) in [6.07, 6.45) is 9.99. The second kappa shape index (κ2) is 26.9. The fourth-order valence-electron chi connectivity index (χ4n) is 13.3. The normalized spacial score (nSPS) is 33.5. The van der Waals surface area contributed by atoms with E-state index < -0.39 is 78.4 Å². The van der Waals surface area contributed by atoms with Gasteiger partial charge in [-0.1, -0.05) is 27.7 Å². The fourth-order valence-corrected chi connectivity index (χ4v) is 18.2. The van der Waals surface area contributed by atoms with Gasteiger partial charge in [0.05, 0.1) is 42.0 Å². The number of benzene rings is 3. The monoisotopic (exact) mass is 1040 g/mol. The molecule has 0 spiro atoms. The number of hydrogen-bond donors (Lipinski definition) is 4. The van der Waals surface area contributed by atoms with Crippen LogP contribution in [-0.2, 0) is 23.8 Å². The zero-order valence-electron chi connectivity index (χ0n) is 47.0. The van der Waals surface area contributed by atoms with Gasteiger partial charge in [-0.05, 0) is 73.4 Å².